The number of halogens is 1. The summed E-state index contributed by atoms with van der Waals surface area (Å²) in [6.45, 7) is 0. The fraction of sp³-hybridized carbons (Fsp3) is 0.222. The Morgan fingerprint density at radius 1 is 1.54 bits per heavy atom. The van der Waals surface area contributed by atoms with Gasteiger partial charge in [0.25, 0.3) is 0 Å². The topological polar surface area (TPSA) is 75.8 Å². The first-order chi connectivity index (χ1) is 6.16. The number of anilines is 1. The Morgan fingerprint density at radius 3 is 2.85 bits per heavy atom. The molecule has 4 N–H and O–H groups in total. The first-order valence-electron chi connectivity index (χ1n) is 3.83. The molecule has 0 spiro atoms. The monoisotopic (exact) mass is 195 g/mol. The zero-order valence-corrected chi connectivity index (χ0v) is 7.75. The van der Waals surface area contributed by atoms with Gasteiger partial charge in [0, 0.05) is 6.04 Å². The predicted octanol–water partition coefficient (Wildman–Crippen LogP) is 1.84. The third-order valence-corrected chi connectivity index (χ3v) is 2.13. The van der Waals surface area contributed by atoms with Gasteiger partial charge in [0.15, 0.2) is 0 Å². The summed E-state index contributed by atoms with van der Waals surface area (Å²) in [6, 6.07) is 6.88. The van der Waals surface area contributed by atoms with Gasteiger partial charge in [-0.25, -0.2) is 0 Å². The molecule has 0 aliphatic heterocycles. The fourth-order valence-corrected chi connectivity index (χ4v) is 1.27. The van der Waals surface area contributed by atoms with Crippen LogP contribution in [0, 0.1) is 11.3 Å². The zero-order chi connectivity index (χ0) is 9.84. The van der Waals surface area contributed by atoms with E-state index in [2.05, 4.69) is 0 Å². The lowest BCUT2D eigenvalue weighted by atomic mass is 10.0. The summed E-state index contributed by atoms with van der Waals surface area (Å²) in [6.07, 6.45) is 0.241. The van der Waals surface area contributed by atoms with E-state index in [9.17, 15) is 0 Å². The lowest BCUT2D eigenvalue weighted by Gasteiger charge is -2.11. The first-order valence-corrected chi connectivity index (χ1v) is 4.21. The van der Waals surface area contributed by atoms with E-state index in [1.807, 2.05) is 6.07 Å². The number of rotatable bonds is 2. The lowest BCUT2D eigenvalue weighted by Crippen LogP contribution is -2.11. The Morgan fingerprint density at radius 2 is 2.23 bits per heavy atom. The van der Waals surface area contributed by atoms with E-state index in [-0.39, 0.29) is 12.5 Å². The van der Waals surface area contributed by atoms with Crippen LogP contribution in [-0.2, 0) is 0 Å². The highest BCUT2D eigenvalue weighted by atomic mass is 35.5. The third kappa shape index (κ3) is 2.11. The minimum atomic E-state index is -0.358. The second-order valence-corrected chi connectivity index (χ2v) is 3.12. The Balaban J connectivity index is 3.02. The maximum atomic E-state index is 8.45. The summed E-state index contributed by atoms with van der Waals surface area (Å²) in [5.41, 5.74) is 12.6. The summed E-state index contributed by atoms with van der Waals surface area (Å²) in [4.78, 5) is 0. The van der Waals surface area contributed by atoms with Crippen molar-refractivity contribution >= 4 is 17.3 Å². The van der Waals surface area contributed by atoms with Crippen molar-refractivity contribution in [1.82, 2.24) is 0 Å². The van der Waals surface area contributed by atoms with Crippen molar-refractivity contribution in [3.05, 3.63) is 28.8 Å². The number of nitrogen functional groups attached to an aromatic ring is 1. The Bertz CT molecular complexity index is 343. The maximum Gasteiger partial charge on any atom is 0.0641 e. The van der Waals surface area contributed by atoms with Gasteiger partial charge in [-0.2, -0.15) is 5.26 Å². The number of nitriles is 1. The van der Waals surface area contributed by atoms with Crippen molar-refractivity contribution < 1.29 is 0 Å². The number of nitrogens with zero attached hydrogens (tertiary/aromatic N) is 1. The molecule has 0 saturated heterocycles. The van der Waals surface area contributed by atoms with E-state index >= 15 is 0 Å². The molecule has 1 aromatic rings. The second-order valence-electron chi connectivity index (χ2n) is 2.71. The van der Waals surface area contributed by atoms with E-state index in [4.69, 9.17) is 28.3 Å². The lowest BCUT2D eigenvalue weighted by molar-refractivity contribution is 0.751. The summed E-state index contributed by atoms with van der Waals surface area (Å²) < 4.78 is 0. The number of hydrogen-bond acceptors (Lipinski definition) is 3. The Kier molecular flexibility index (Phi) is 3.13. The van der Waals surface area contributed by atoms with Gasteiger partial charge in [-0.1, -0.05) is 23.7 Å². The standard InChI is InChI=1S/C9H10ClN3/c10-7-3-1-2-6(9(7)13)8(12)4-5-11/h1-3,8H,4,12-13H2/t8-/m0/s1. The van der Waals surface area contributed by atoms with Crippen molar-refractivity contribution in [2.45, 2.75) is 12.5 Å². The highest BCUT2D eigenvalue weighted by Gasteiger charge is 2.10. The van der Waals surface area contributed by atoms with E-state index in [0.29, 0.717) is 10.7 Å². The molecule has 0 unspecified atom stereocenters. The van der Waals surface area contributed by atoms with E-state index in [1.165, 1.54) is 0 Å². The molecular formula is C9H10ClN3. The molecule has 0 saturated carbocycles. The molecule has 0 radical (unpaired) electrons. The predicted molar refractivity (Wildman–Crippen MR) is 53.0 cm³/mol. The van der Waals surface area contributed by atoms with Gasteiger partial charge in [-0.3, -0.25) is 0 Å². The SMILES string of the molecule is N#CC[C@H](N)c1cccc(Cl)c1N. The molecular weight excluding hydrogens is 186 g/mol. The normalized spacial score (nSPS) is 12.1. The molecule has 0 aliphatic carbocycles. The van der Waals surface area contributed by atoms with Crippen LogP contribution >= 0.6 is 11.6 Å². The van der Waals surface area contributed by atoms with E-state index < -0.39 is 0 Å². The van der Waals surface area contributed by atoms with Gasteiger partial charge in [-0.15, -0.1) is 0 Å². The number of nitrogens with two attached hydrogens (primary N) is 2. The van der Waals surface area contributed by atoms with Crippen LogP contribution < -0.4 is 11.5 Å². The minimum absolute atomic E-state index is 0.241. The molecule has 1 rings (SSSR count). The van der Waals surface area contributed by atoms with Crippen molar-refractivity contribution in [3.63, 3.8) is 0 Å². The molecule has 0 heterocycles. The molecule has 0 aliphatic rings. The second kappa shape index (κ2) is 4.13. The van der Waals surface area contributed by atoms with Gasteiger partial charge in [0.05, 0.1) is 23.2 Å². The van der Waals surface area contributed by atoms with Crippen LogP contribution in [0.25, 0.3) is 0 Å². The molecule has 0 aromatic heterocycles. The van der Waals surface area contributed by atoms with Crippen LogP contribution in [0.15, 0.2) is 18.2 Å². The molecule has 0 amide bonds. The maximum absolute atomic E-state index is 8.45. The summed E-state index contributed by atoms with van der Waals surface area (Å²) >= 11 is 5.79. The van der Waals surface area contributed by atoms with Crippen LogP contribution in [-0.4, -0.2) is 0 Å². The molecule has 4 heteroatoms. The van der Waals surface area contributed by atoms with Crippen LogP contribution in [0.3, 0.4) is 0 Å². The highest BCUT2D eigenvalue weighted by molar-refractivity contribution is 6.33. The van der Waals surface area contributed by atoms with Crippen LogP contribution in [0.1, 0.15) is 18.0 Å². The van der Waals surface area contributed by atoms with Crippen molar-refractivity contribution in [3.8, 4) is 6.07 Å². The molecule has 13 heavy (non-hydrogen) atoms. The smallest absolute Gasteiger partial charge is 0.0641 e. The molecule has 0 bridgehead atoms. The number of benzene rings is 1. The van der Waals surface area contributed by atoms with Gasteiger partial charge in [-0.05, 0) is 11.6 Å². The van der Waals surface area contributed by atoms with E-state index in [0.717, 1.165) is 5.56 Å². The molecule has 1 aromatic carbocycles. The average molecular weight is 196 g/mol. The van der Waals surface area contributed by atoms with Crippen LogP contribution in [0.2, 0.25) is 5.02 Å². The summed E-state index contributed by atoms with van der Waals surface area (Å²) in [5.74, 6) is 0. The molecule has 3 nitrogen and oxygen atoms in total. The number of para-hydroxylation sites is 1. The molecule has 0 fully saturated rings. The van der Waals surface area contributed by atoms with Crippen molar-refractivity contribution in [2.24, 2.45) is 5.73 Å². The largest absolute Gasteiger partial charge is 0.397 e. The zero-order valence-electron chi connectivity index (χ0n) is 7.00. The van der Waals surface area contributed by atoms with Gasteiger partial charge < -0.3 is 11.5 Å². The van der Waals surface area contributed by atoms with Crippen molar-refractivity contribution in [2.75, 3.05) is 5.73 Å². The minimum Gasteiger partial charge on any atom is -0.397 e. The first kappa shape index (κ1) is 9.85. The quantitative estimate of drug-likeness (QED) is 0.707. The fourth-order valence-electron chi connectivity index (χ4n) is 1.09. The molecule has 1 atom stereocenters. The third-order valence-electron chi connectivity index (χ3n) is 1.80. The Labute approximate surface area is 81.9 Å². The Hall–Kier alpha value is -1.24. The summed E-state index contributed by atoms with van der Waals surface area (Å²) in [7, 11) is 0. The average Bonchev–Trinajstić information content (AvgIpc) is 2.10. The van der Waals surface area contributed by atoms with Crippen molar-refractivity contribution in [1.29, 1.82) is 5.26 Å². The van der Waals surface area contributed by atoms with Crippen LogP contribution in [0.5, 0.6) is 0 Å². The van der Waals surface area contributed by atoms with Crippen LogP contribution in [0.4, 0.5) is 5.69 Å². The van der Waals surface area contributed by atoms with Gasteiger partial charge in [0.2, 0.25) is 0 Å². The number of hydrogen-bond donors (Lipinski definition) is 2. The molecule has 68 valence electrons. The van der Waals surface area contributed by atoms with E-state index in [1.54, 1.807) is 18.2 Å². The van der Waals surface area contributed by atoms with Gasteiger partial charge >= 0.3 is 0 Å². The highest BCUT2D eigenvalue weighted by Crippen LogP contribution is 2.27. The van der Waals surface area contributed by atoms with Gasteiger partial charge in [0.1, 0.15) is 0 Å². The summed E-state index contributed by atoms with van der Waals surface area (Å²) in [5, 5.41) is 8.93.